The van der Waals surface area contributed by atoms with E-state index in [1.807, 2.05) is 0 Å². The summed E-state index contributed by atoms with van der Waals surface area (Å²) in [6.07, 6.45) is 6.09. The van der Waals surface area contributed by atoms with E-state index >= 15 is 0 Å². The fourth-order valence-electron chi connectivity index (χ4n) is 2.13. The number of hydrogen-bond donors (Lipinski definition) is 2. The molecule has 6 nitrogen and oxygen atoms in total. The lowest BCUT2D eigenvalue weighted by molar-refractivity contribution is -0.121. The molecule has 0 bridgehead atoms. The summed E-state index contributed by atoms with van der Waals surface area (Å²) in [5.74, 6) is 2.04. The topological polar surface area (TPSA) is 94.0 Å². The molecule has 1 heterocycles. The maximum absolute atomic E-state index is 11.7. The molecule has 0 saturated heterocycles. The van der Waals surface area contributed by atoms with E-state index in [0.717, 1.165) is 25.1 Å². The van der Waals surface area contributed by atoms with Crippen LogP contribution >= 0.6 is 0 Å². The monoisotopic (exact) mass is 280 g/mol. The van der Waals surface area contributed by atoms with Gasteiger partial charge in [-0.05, 0) is 31.6 Å². The summed E-state index contributed by atoms with van der Waals surface area (Å²) in [5, 5.41) is 6.77. The van der Waals surface area contributed by atoms with Crippen LogP contribution in [0.15, 0.2) is 4.52 Å². The number of aromatic nitrogens is 2. The van der Waals surface area contributed by atoms with E-state index in [-0.39, 0.29) is 11.9 Å². The molecule has 0 aromatic carbocycles. The van der Waals surface area contributed by atoms with Crippen LogP contribution in [0, 0.1) is 5.92 Å². The van der Waals surface area contributed by atoms with E-state index in [9.17, 15) is 4.79 Å². The van der Waals surface area contributed by atoms with Crippen LogP contribution in [-0.2, 0) is 17.6 Å². The Morgan fingerprint density at radius 1 is 1.50 bits per heavy atom. The van der Waals surface area contributed by atoms with E-state index in [4.69, 9.17) is 10.3 Å². The molecule has 1 unspecified atom stereocenters. The summed E-state index contributed by atoms with van der Waals surface area (Å²) in [6.45, 7) is 2.66. The van der Waals surface area contributed by atoms with Crippen LogP contribution in [-0.4, -0.2) is 28.6 Å². The molecule has 6 heteroatoms. The summed E-state index contributed by atoms with van der Waals surface area (Å²) in [6, 6.07) is 0.117. The molecule has 1 aliphatic rings. The molecule has 20 heavy (non-hydrogen) atoms. The minimum atomic E-state index is 0.0504. The maximum Gasteiger partial charge on any atom is 0.226 e. The Hall–Kier alpha value is -1.43. The van der Waals surface area contributed by atoms with Gasteiger partial charge in [-0.3, -0.25) is 4.79 Å². The van der Waals surface area contributed by atoms with E-state index in [0.29, 0.717) is 31.2 Å². The lowest BCUT2D eigenvalue weighted by atomic mass is 10.2. The van der Waals surface area contributed by atoms with Crippen molar-refractivity contribution in [3.05, 3.63) is 11.7 Å². The van der Waals surface area contributed by atoms with Gasteiger partial charge in [0.2, 0.25) is 11.8 Å². The third-order valence-corrected chi connectivity index (χ3v) is 3.54. The molecule has 0 spiro atoms. The summed E-state index contributed by atoms with van der Waals surface area (Å²) in [7, 11) is 0. The fraction of sp³-hybridized carbons (Fsp3) is 0.786. The van der Waals surface area contributed by atoms with Gasteiger partial charge in [-0.15, -0.1) is 0 Å². The number of carbonyl (C=O) groups is 1. The minimum Gasteiger partial charge on any atom is -0.355 e. The first-order chi connectivity index (χ1) is 9.69. The summed E-state index contributed by atoms with van der Waals surface area (Å²) >= 11 is 0. The van der Waals surface area contributed by atoms with Gasteiger partial charge in [0.15, 0.2) is 5.82 Å². The zero-order chi connectivity index (χ0) is 14.4. The third kappa shape index (κ3) is 4.92. The van der Waals surface area contributed by atoms with Crippen LogP contribution in [0.2, 0.25) is 0 Å². The molecule has 1 fully saturated rings. The molecule has 0 radical (unpaired) electrons. The Morgan fingerprint density at radius 3 is 3.00 bits per heavy atom. The van der Waals surface area contributed by atoms with Crippen molar-refractivity contribution in [2.45, 2.75) is 57.9 Å². The number of amides is 1. The predicted molar refractivity (Wildman–Crippen MR) is 74.9 cm³/mol. The Balaban J connectivity index is 1.58. The average Bonchev–Trinajstić information content (AvgIpc) is 3.19. The number of nitrogens with zero attached hydrogens (tertiary/aromatic N) is 2. The predicted octanol–water partition coefficient (Wildman–Crippen LogP) is 1.20. The summed E-state index contributed by atoms with van der Waals surface area (Å²) in [4.78, 5) is 15.9. The number of nitrogens with one attached hydrogen (secondary N) is 1. The molecule has 1 aliphatic carbocycles. The molecule has 1 saturated carbocycles. The number of aryl methyl sites for hydroxylation is 2. The fourth-order valence-corrected chi connectivity index (χ4v) is 2.13. The van der Waals surface area contributed by atoms with Crippen molar-refractivity contribution in [2.75, 3.05) is 6.54 Å². The normalized spacial score (nSPS) is 16.1. The Bertz CT molecular complexity index is 429. The molecule has 1 amide bonds. The largest absolute Gasteiger partial charge is 0.355 e. The molecular formula is C14H24N4O2. The van der Waals surface area contributed by atoms with E-state index in [2.05, 4.69) is 22.4 Å². The molecule has 112 valence electrons. The van der Waals surface area contributed by atoms with Crippen LogP contribution < -0.4 is 11.1 Å². The van der Waals surface area contributed by atoms with E-state index in [1.165, 1.54) is 12.8 Å². The number of hydrogen-bond acceptors (Lipinski definition) is 5. The Morgan fingerprint density at radius 2 is 2.30 bits per heavy atom. The van der Waals surface area contributed by atoms with Crippen LogP contribution in [0.3, 0.4) is 0 Å². The molecule has 1 aromatic rings. The zero-order valence-electron chi connectivity index (χ0n) is 12.1. The Labute approximate surface area is 119 Å². The summed E-state index contributed by atoms with van der Waals surface area (Å²) in [5.41, 5.74) is 5.93. The van der Waals surface area contributed by atoms with Crippen molar-refractivity contribution < 1.29 is 9.32 Å². The van der Waals surface area contributed by atoms with Crippen molar-refractivity contribution in [1.82, 2.24) is 15.5 Å². The minimum absolute atomic E-state index is 0.0504. The van der Waals surface area contributed by atoms with Crippen molar-refractivity contribution in [1.29, 1.82) is 0 Å². The smallest absolute Gasteiger partial charge is 0.226 e. The van der Waals surface area contributed by atoms with Gasteiger partial charge in [0.05, 0.1) is 0 Å². The van der Waals surface area contributed by atoms with Crippen LogP contribution in [0.4, 0.5) is 0 Å². The van der Waals surface area contributed by atoms with Crippen LogP contribution in [0.25, 0.3) is 0 Å². The lowest BCUT2D eigenvalue weighted by Gasteiger charge is -2.11. The highest BCUT2D eigenvalue weighted by atomic mass is 16.5. The highest BCUT2D eigenvalue weighted by molar-refractivity contribution is 5.75. The first-order valence-electron chi connectivity index (χ1n) is 7.52. The molecular weight excluding hydrogens is 256 g/mol. The SMILES string of the molecule is CCCc1noc(CCCC(=O)NCC(N)C2CC2)n1. The van der Waals surface area contributed by atoms with Gasteiger partial charge in [-0.2, -0.15) is 4.98 Å². The average molecular weight is 280 g/mol. The first kappa shape index (κ1) is 15.0. The molecule has 0 aliphatic heterocycles. The Kier molecular flexibility index (Phi) is 5.52. The second-order valence-electron chi connectivity index (χ2n) is 5.51. The molecule has 1 aromatic heterocycles. The van der Waals surface area contributed by atoms with Gasteiger partial charge in [-0.1, -0.05) is 12.1 Å². The maximum atomic E-state index is 11.7. The van der Waals surface area contributed by atoms with Crippen molar-refractivity contribution >= 4 is 5.91 Å². The third-order valence-electron chi connectivity index (χ3n) is 3.54. The second kappa shape index (κ2) is 7.38. The van der Waals surface area contributed by atoms with E-state index < -0.39 is 0 Å². The molecule has 2 rings (SSSR count). The van der Waals surface area contributed by atoms with E-state index in [1.54, 1.807) is 0 Å². The van der Waals surface area contributed by atoms with Crippen LogP contribution in [0.1, 0.15) is 50.7 Å². The highest BCUT2D eigenvalue weighted by Gasteiger charge is 2.28. The van der Waals surface area contributed by atoms with Crippen molar-refractivity contribution in [3.63, 3.8) is 0 Å². The van der Waals surface area contributed by atoms with Gasteiger partial charge < -0.3 is 15.6 Å². The van der Waals surface area contributed by atoms with Gasteiger partial charge in [-0.25, -0.2) is 0 Å². The van der Waals surface area contributed by atoms with Gasteiger partial charge in [0.25, 0.3) is 0 Å². The number of carbonyl (C=O) groups excluding carboxylic acids is 1. The first-order valence-corrected chi connectivity index (χ1v) is 7.52. The second-order valence-corrected chi connectivity index (χ2v) is 5.51. The molecule has 3 N–H and O–H groups in total. The van der Waals surface area contributed by atoms with Gasteiger partial charge >= 0.3 is 0 Å². The van der Waals surface area contributed by atoms with Gasteiger partial charge in [0, 0.05) is 31.8 Å². The molecule has 1 atom stereocenters. The standard InChI is InChI=1S/C14H24N4O2/c1-2-4-12-17-14(20-18-12)6-3-5-13(19)16-9-11(15)10-7-8-10/h10-11H,2-9,15H2,1H3,(H,16,19). The highest BCUT2D eigenvalue weighted by Crippen LogP contribution is 2.31. The lowest BCUT2D eigenvalue weighted by Crippen LogP contribution is -2.38. The van der Waals surface area contributed by atoms with Crippen LogP contribution in [0.5, 0.6) is 0 Å². The number of nitrogens with two attached hydrogens (primary N) is 1. The van der Waals surface area contributed by atoms with Crippen molar-refractivity contribution in [2.24, 2.45) is 11.7 Å². The summed E-state index contributed by atoms with van der Waals surface area (Å²) < 4.78 is 5.12. The van der Waals surface area contributed by atoms with Gasteiger partial charge in [0.1, 0.15) is 0 Å². The zero-order valence-corrected chi connectivity index (χ0v) is 12.1. The number of rotatable bonds is 9. The van der Waals surface area contributed by atoms with Crippen molar-refractivity contribution in [3.8, 4) is 0 Å². The quantitative estimate of drug-likeness (QED) is 0.709.